The van der Waals surface area contributed by atoms with Gasteiger partial charge >= 0.3 is 5.69 Å². The number of nitrogens with zero attached hydrogens (tertiary/aromatic N) is 1. The Morgan fingerprint density at radius 1 is 1.24 bits per heavy atom. The first kappa shape index (κ1) is 16.7. The van der Waals surface area contributed by atoms with Gasteiger partial charge in [-0.3, -0.25) is 10.1 Å². The van der Waals surface area contributed by atoms with Crippen molar-refractivity contribution in [3.05, 3.63) is 21.7 Å². The van der Waals surface area contributed by atoms with Gasteiger partial charge in [0, 0.05) is 12.0 Å². The highest BCUT2D eigenvalue weighted by Gasteiger charge is 2.27. The van der Waals surface area contributed by atoms with E-state index in [0.717, 1.165) is 6.29 Å². The molecule has 1 rings (SSSR count). The number of benzene rings is 1. The summed E-state index contributed by atoms with van der Waals surface area (Å²) in [6.45, 7) is 1.87. The van der Waals surface area contributed by atoms with Crippen LogP contribution in [0.2, 0.25) is 0 Å². The number of nitro benzene ring substituents is 1. The fourth-order valence-electron chi connectivity index (χ4n) is 2.18. The smallest absolute Gasteiger partial charge is 0.315 e. The number of nitro groups is 1. The lowest BCUT2D eigenvalue weighted by molar-refractivity contribution is -0.385. The van der Waals surface area contributed by atoms with E-state index in [1.54, 1.807) is 0 Å². The molecule has 1 aromatic carbocycles. The van der Waals surface area contributed by atoms with Gasteiger partial charge in [-0.2, -0.15) is 0 Å². The monoisotopic (exact) mass is 297 g/mol. The summed E-state index contributed by atoms with van der Waals surface area (Å²) in [6.07, 6.45) is 1.57. The molecule has 1 atom stereocenters. The molecule has 0 aliphatic carbocycles. The van der Waals surface area contributed by atoms with Crippen LogP contribution in [0, 0.1) is 16.0 Å². The maximum absolute atomic E-state index is 11.2. The molecule has 0 saturated carbocycles. The van der Waals surface area contributed by atoms with Crippen LogP contribution < -0.4 is 14.2 Å². The number of ether oxygens (including phenoxy) is 3. The van der Waals surface area contributed by atoms with E-state index in [4.69, 9.17) is 14.2 Å². The Morgan fingerprint density at radius 2 is 1.86 bits per heavy atom. The minimum atomic E-state index is -0.533. The molecule has 0 aliphatic rings. The maximum Gasteiger partial charge on any atom is 0.315 e. The summed E-state index contributed by atoms with van der Waals surface area (Å²) >= 11 is 0. The molecular weight excluding hydrogens is 278 g/mol. The van der Waals surface area contributed by atoms with Crippen molar-refractivity contribution < 1.29 is 23.9 Å². The highest BCUT2D eigenvalue weighted by atomic mass is 16.6. The van der Waals surface area contributed by atoms with Crippen molar-refractivity contribution >= 4 is 12.0 Å². The van der Waals surface area contributed by atoms with Crippen LogP contribution in [0.1, 0.15) is 18.9 Å². The summed E-state index contributed by atoms with van der Waals surface area (Å²) in [7, 11) is 4.23. The van der Waals surface area contributed by atoms with E-state index >= 15 is 0 Å². The van der Waals surface area contributed by atoms with Crippen LogP contribution in [-0.4, -0.2) is 32.5 Å². The zero-order chi connectivity index (χ0) is 16.0. The molecule has 0 aliphatic heterocycles. The Hall–Kier alpha value is -2.31. The SMILES string of the molecule is COc1cc([N+](=O)[O-])c(OC)c(CC(C)CC=O)c1OC. The normalized spacial score (nSPS) is 11.6. The van der Waals surface area contributed by atoms with E-state index in [1.165, 1.54) is 27.4 Å². The van der Waals surface area contributed by atoms with Crippen molar-refractivity contribution in [1.29, 1.82) is 0 Å². The zero-order valence-electron chi connectivity index (χ0n) is 12.5. The van der Waals surface area contributed by atoms with Gasteiger partial charge in [-0.1, -0.05) is 6.92 Å². The van der Waals surface area contributed by atoms with Gasteiger partial charge in [-0.15, -0.1) is 0 Å². The number of aldehydes is 1. The molecule has 0 spiro atoms. The van der Waals surface area contributed by atoms with Crippen LogP contribution in [0.5, 0.6) is 17.2 Å². The second-order valence-corrected chi connectivity index (χ2v) is 4.61. The molecule has 0 N–H and O–H groups in total. The number of carbonyl (C=O) groups excluding carboxylic acids is 1. The average Bonchev–Trinajstić information content (AvgIpc) is 2.45. The molecule has 0 heterocycles. The first-order chi connectivity index (χ1) is 9.99. The molecule has 21 heavy (non-hydrogen) atoms. The molecule has 7 heteroatoms. The largest absolute Gasteiger partial charge is 0.493 e. The van der Waals surface area contributed by atoms with Crippen LogP contribution in [0.3, 0.4) is 0 Å². The van der Waals surface area contributed by atoms with Crippen molar-refractivity contribution in [2.45, 2.75) is 19.8 Å². The second kappa shape index (κ2) is 7.47. The summed E-state index contributed by atoms with van der Waals surface area (Å²) in [5.41, 5.74) is 0.337. The lowest BCUT2D eigenvalue weighted by atomic mass is 9.96. The number of carbonyl (C=O) groups is 1. The Balaban J connectivity index is 3.49. The highest BCUT2D eigenvalue weighted by Crippen LogP contribution is 2.45. The van der Waals surface area contributed by atoms with E-state index in [-0.39, 0.29) is 23.1 Å². The predicted octanol–water partition coefficient (Wildman–Crippen LogP) is 2.39. The third-order valence-electron chi connectivity index (χ3n) is 3.15. The van der Waals surface area contributed by atoms with Crippen LogP contribution in [-0.2, 0) is 11.2 Å². The lowest BCUT2D eigenvalue weighted by Gasteiger charge is -2.18. The van der Waals surface area contributed by atoms with Gasteiger partial charge in [0.1, 0.15) is 6.29 Å². The molecule has 0 saturated heterocycles. The second-order valence-electron chi connectivity index (χ2n) is 4.61. The van der Waals surface area contributed by atoms with Crippen LogP contribution in [0.15, 0.2) is 6.07 Å². The van der Waals surface area contributed by atoms with Gasteiger partial charge in [0.2, 0.25) is 5.75 Å². The molecule has 0 aromatic heterocycles. The third kappa shape index (κ3) is 3.62. The minimum absolute atomic E-state index is 0.00277. The van der Waals surface area contributed by atoms with E-state index in [0.29, 0.717) is 24.2 Å². The first-order valence-corrected chi connectivity index (χ1v) is 6.39. The van der Waals surface area contributed by atoms with Crippen molar-refractivity contribution in [2.75, 3.05) is 21.3 Å². The standard InChI is InChI=1S/C14H19NO6/c1-9(5-6-16)7-10-13(20-3)11(15(17)18)8-12(19-2)14(10)21-4/h6,8-9H,5,7H2,1-4H3. The summed E-state index contributed by atoms with van der Waals surface area (Å²) in [5, 5.41) is 11.2. The number of rotatable bonds is 8. The number of hydrogen-bond acceptors (Lipinski definition) is 6. The van der Waals surface area contributed by atoms with Crippen LogP contribution in [0.4, 0.5) is 5.69 Å². The molecule has 116 valence electrons. The van der Waals surface area contributed by atoms with Crippen molar-refractivity contribution in [3.8, 4) is 17.2 Å². The Kier molecular flexibility index (Phi) is 5.95. The van der Waals surface area contributed by atoms with E-state index in [9.17, 15) is 14.9 Å². The minimum Gasteiger partial charge on any atom is -0.493 e. The molecule has 1 unspecified atom stereocenters. The molecule has 0 bridgehead atoms. The van der Waals surface area contributed by atoms with Crippen molar-refractivity contribution in [2.24, 2.45) is 5.92 Å². The summed E-state index contributed by atoms with van der Waals surface area (Å²) < 4.78 is 15.7. The topological polar surface area (TPSA) is 87.9 Å². The Labute approximate surface area is 123 Å². The van der Waals surface area contributed by atoms with Gasteiger partial charge in [0.25, 0.3) is 0 Å². The molecular formula is C14H19NO6. The maximum atomic E-state index is 11.2. The van der Waals surface area contributed by atoms with Gasteiger partial charge in [-0.05, 0) is 12.3 Å². The Morgan fingerprint density at radius 3 is 2.29 bits per heavy atom. The Bertz CT molecular complexity index is 529. The summed E-state index contributed by atoms with van der Waals surface area (Å²) in [4.78, 5) is 21.3. The molecule has 0 radical (unpaired) electrons. The van der Waals surface area contributed by atoms with Gasteiger partial charge in [-0.25, -0.2) is 0 Å². The van der Waals surface area contributed by atoms with E-state index < -0.39 is 4.92 Å². The lowest BCUT2D eigenvalue weighted by Crippen LogP contribution is -2.07. The average molecular weight is 297 g/mol. The quantitative estimate of drug-likeness (QED) is 0.416. The van der Waals surface area contributed by atoms with Crippen LogP contribution in [0.25, 0.3) is 0 Å². The molecule has 7 nitrogen and oxygen atoms in total. The van der Waals surface area contributed by atoms with Crippen molar-refractivity contribution in [3.63, 3.8) is 0 Å². The van der Waals surface area contributed by atoms with Gasteiger partial charge in [0.15, 0.2) is 11.5 Å². The zero-order valence-corrected chi connectivity index (χ0v) is 12.5. The highest BCUT2D eigenvalue weighted by molar-refractivity contribution is 5.64. The fraction of sp³-hybridized carbons (Fsp3) is 0.500. The number of methoxy groups -OCH3 is 3. The predicted molar refractivity (Wildman–Crippen MR) is 76.3 cm³/mol. The molecule has 0 amide bonds. The number of hydrogen-bond donors (Lipinski definition) is 0. The van der Waals surface area contributed by atoms with Gasteiger partial charge < -0.3 is 19.0 Å². The summed E-state index contributed by atoms with van der Waals surface area (Å²) in [6, 6.07) is 1.27. The molecule has 0 fully saturated rings. The fourth-order valence-corrected chi connectivity index (χ4v) is 2.18. The first-order valence-electron chi connectivity index (χ1n) is 6.39. The van der Waals surface area contributed by atoms with Gasteiger partial charge in [0.05, 0.1) is 32.3 Å². The third-order valence-corrected chi connectivity index (χ3v) is 3.15. The summed E-state index contributed by atoms with van der Waals surface area (Å²) in [5.74, 6) is 0.781. The molecule has 1 aromatic rings. The van der Waals surface area contributed by atoms with Crippen LogP contribution >= 0.6 is 0 Å². The van der Waals surface area contributed by atoms with Crippen molar-refractivity contribution in [1.82, 2.24) is 0 Å². The van der Waals surface area contributed by atoms with E-state index in [1.807, 2.05) is 6.92 Å². The van der Waals surface area contributed by atoms with E-state index in [2.05, 4.69) is 0 Å².